The third kappa shape index (κ3) is 3.15. The van der Waals surface area contributed by atoms with Gasteiger partial charge in [-0.15, -0.1) is 0 Å². The van der Waals surface area contributed by atoms with Crippen LogP contribution in [-0.4, -0.2) is 5.11 Å². The second-order valence-corrected chi connectivity index (χ2v) is 5.04. The van der Waals surface area contributed by atoms with E-state index < -0.39 is 0 Å². The summed E-state index contributed by atoms with van der Waals surface area (Å²) in [6.45, 7) is 6.32. The summed E-state index contributed by atoms with van der Waals surface area (Å²) in [5.74, 6) is 2.06. The third-order valence-electron chi connectivity index (χ3n) is 3.26. The topological polar surface area (TPSA) is 29.5 Å². The van der Waals surface area contributed by atoms with Crippen LogP contribution in [0.5, 0.6) is 11.5 Å². The molecule has 0 bridgehead atoms. The largest absolute Gasteiger partial charge is 0.457 e. The van der Waals surface area contributed by atoms with E-state index in [1.165, 1.54) is 5.56 Å². The van der Waals surface area contributed by atoms with Crippen molar-refractivity contribution >= 4 is 0 Å². The standard InChI is InChI=1S/C17H20O2/c1-12(2)16-6-4-5-7-17(16)19-15-9-8-13(3)14(10-15)11-18/h4-10,12,18H,11H2,1-3H3. The number of aryl methyl sites for hydroxylation is 1. The molecule has 2 heteroatoms. The van der Waals surface area contributed by atoms with Crippen LogP contribution >= 0.6 is 0 Å². The molecule has 0 unspecified atom stereocenters. The Morgan fingerprint density at radius 2 is 1.84 bits per heavy atom. The van der Waals surface area contributed by atoms with Gasteiger partial charge in [-0.25, -0.2) is 0 Å². The Bertz CT molecular complexity index is 559. The van der Waals surface area contributed by atoms with Gasteiger partial charge in [0.2, 0.25) is 0 Å². The minimum Gasteiger partial charge on any atom is -0.457 e. The van der Waals surface area contributed by atoms with Crippen molar-refractivity contribution in [3.63, 3.8) is 0 Å². The Labute approximate surface area is 114 Å². The van der Waals surface area contributed by atoms with E-state index in [9.17, 15) is 5.11 Å². The minimum absolute atomic E-state index is 0.0366. The molecule has 0 spiro atoms. The summed E-state index contributed by atoms with van der Waals surface area (Å²) in [5.41, 5.74) is 3.17. The van der Waals surface area contributed by atoms with Gasteiger partial charge in [0.25, 0.3) is 0 Å². The highest BCUT2D eigenvalue weighted by atomic mass is 16.5. The number of hydrogen-bond acceptors (Lipinski definition) is 2. The normalized spacial score (nSPS) is 10.8. The fourth-order valence-corrected chi connectivity index (χ4v) is 2.06. The van der Waals surface area contributed by atoms with Gasteiger partial charge < -0.3 is 9.84 Å². The maximum atomic E-state index is 9.30. The number of para-hydroxylation sites is 1. The summed E-state index contributed by atoms with van der Waals surface area (Å²) in [6.07, 6.45) is 0. The predicted octanol–water partition coefficient (Wildman–Crippen LogP) is 4.40. The van der Waals surface area contributed by atoms with E-state index in [1.807, 2.05) is 43.3 Å². The van der Waals surface area contributed by atoms with Crippen LogP contribution in [0.4, 0.5) is 0 Å². The van der Waals surface area contributed by atoms with Crippen molar-refractivity contribution in [2.24, 2.45) is 0 Å². The van der Waals surface area contributed by atoms with E-state index in [0.717, 1.165) is 22.6 Å². The molecule has 100 valence electrons. The van der Waals surface area contributed by atoms with Crippen molar-refractivity contribution in [2.45, 2.75) is 33.3 Å². The quantitative estimate of drug-likeness (QED) is 0.878. The molecule has 1 N–H and O–H groups in total. The lowest BCUT2D eigenvalue weighted by atomic mass is 10.0. The Morgan fingerprint density at radius 3 is 2.53 bits per heavy atom. The van der Waals surface area contributed by atoms with E-state index in [1.54, 1.807) is 0 Å². The monoisotopic (exact) mass is 256 g/mol. The molecule has 0 aromatic heterocycles. The maximum absolute atomic E-state index is 9.30. The van der Waals surface area contributed by atoms with Crippen LogP contribution in [0.25, 0.3) is 0 Å². The molecule has 0 radical (unpaired) electrons. The van der Waals surface area contributed by atoms with Gasteiger partial charge in [-0.1, -0.05) is 38.1 Å². The lowest BCUT2D eigenvalue weighted by molar-refractivity contribution is 0.280. The zero-order chi connectivity index (χ0) is 13.8. The Hall–Kier alpha value is -1.80. The van der Waals surface area contributed by atoms with Gasteiger partial charge >= 0.3 is 0 Å². The molecule has 19 heavy (non-hydrogen) atoms. The van der Waals surface area contributed by atoms with Gasteiger partial charge in [0.1, 0.15) is 11.5 Å². The third-order valence-corrected chi connectivity index (χ3v) is 3.26. The molecule has 0 aliphatic heterocycles. The van der Waals surface area contributed by atoms with Crippen LogP contribution in [0.1, 0.15) is 36.5 Å². The molecule has 2 aromatic carbocycles. The first-order chi connectivity index (χ1) is 9.11. The maximum Gasteiger partial charge on any atom is 0.130 e. The van der Waals surface area contributed by atoms with Crippen molar-refractivity contribution < 1.29 is 9.84 Å². The van der Waals surface area contributed by atoms with Crippen molar-refractivity contribution in [2.75, 3.05) is 0 Å². The molecule has 0 aliphatic rings. The van der Waals surface area contributed by atoms with Crippen LogP contribution in [0.3, 0.4) is 0 Å². The molecular formula is C17H20O2. The van der Waals surface area contributed by atoms with Gasteiger partial charge in [-0.05, 0) is 47.7 Å². The second-order valence-electron chi connectivity index (χ2n) is 5.04. The van der Waals surface area contributed by atoms with E-state index in [0.29, 0.717) is 5.92 Å². The fourth-order valence-electron chi connectivity index (χ4n) is 2.06. The first-order valence-corrected chi connectivity index (χ1v) is 6.59. The lowest BCUT2D eigenvalue weighted by Gasteiger charge is -2.14. The zero-order valence-corrected chi connectivity index (χ0v) is 11.7. The Kier molecular flexibility index (Phi) is 4.23. The van der Waals surface area contributed by atoms with Crippen LogP contribution in [-0.2, 0) is 6.61 Å². The highest BCUT2D eigenvalue weighted by Crippen LogP contribution is 2.31. The van der Waals surface area contributed by atoms with Crippen LogP contribution in [0.2, 0.25) is 0 Å². The van der Waals surface area contributed by atoms with Gasteiger partial charge in [0.05, 0.1) is 6.61 Å². The van der Waals surface area contributed by atoms with E-state index in [2.05, 4.69) is 19.9 Å². The minimum atomic E-state index is 0.0366. The molecular weight excluding hydrogens is 236 g/mol. The van der Waals surface area contributed by atoms with Crippen LogP contribution < -0.4 is 4.74 Å². The van der Waals surface area contributed by atoms with Crippen molar-refractivity contribution in [3.8, 4) is 11.5 Å². The van der Waals surface area contributed by atoms with E-state index in [4.69, 9.17) is 4.74 Å². The molecule has 0 amide bonds. The molecule has 0 atom stereocenters. The fraction of sp³-hybridized carbons (Fsp3) is 0.294. The summed E-state index contributed by atoms with van der Waals surface area (Å²) in [4.78, 5) is 0. The molecule has 2 aromatic rings. The number of aliphatic hydroxyl groups is 1. The van der Waals surface area contributed by atoms with Crippen LogP contribution in [0, 0.1) is 6.92 Å². The second kappa shape index (κ2) is 5.89. The first-order valence-electron chi connectivity index (χ1n) is 6.59. The molecule has 0 aliphatic carbocycles. The van der Waals surface area contributed by atoms with Crippen molar-refractivity contribution in [1.82, 2.24) is 0 Å². The van der Waals surface area contributed by atoms with Gasteiger partial charge in [-0.3, -0.25) is 0 Å². The molecule has 0 saturated carbocycles. The molecule has 0 fully saturated rings. The number of benzene rings is 2. The summed E-state index contributed by atoms with van der Waals surface area (Å²) in [5, 5.41) is 9.30. The first kappa shape index (κ1) is 13.6. The molecule has 0 heterocycles. The summed E-state index contributed by atoms with van der Waals surface area (Å²) >= 11 is 0. The summed E-state index contributed by atoms with van der Waals surface area (Å²) in [7, 11) is 0. The predicted molar refractivity (Wildman–Crippen MR) is 77.7 cm³/mol. The number of aliphatic hydroxyl groups excluding tert-OH is 1. The number of rotatable bonds is 4. The average Bonchev–Trinajstić information content (AvgIpc) is 2.41. The Balaban J connectivity index is 2.31. The van der Waals surface area contributed by atoms with Gasteiger partial charge in [-0.2, -0.15) is 0 Å². The average molecular weight is 256 g/mol. The molecule has 2 nitrogen and oxygen atoms in total. The van der Waals surface area contributed by atoms with Gasteiger partial charge in [0, 0.05) is 0 Å². The van der Waals surface area contributed by atoms with E-state index >= 15 is 0 Å². The highest BCUT2D eigenvalue weighted by Gasteiger charge is 2.08. The molecule has 0 saturated heterocycles. The number of hydrogen-bond donors (Lipinski definition) is 1. The highest BCUT2D eigenvalue weighted by molar-refractivity contribution is 5.41. The van der Waals surface area contributed by atoms with Gasteiger partial charge in [0.15, 0.2) is 0 Å². The zero-order valence-electron chi connectivity index (χ0n) is 11.7. The van der Waals surface area contributed by atoms with Crippen molar-refractivity contribution in [1.29, 1.82) is 0 Å². The SMILES string of the molecule is Cc1ccc(Oc2ccccc2C(C)C)cc1CO. The van der Waals surface area contributed by atoms with E-state index in [-0.39, 0.29) is 6.61 Å². The van der Waals surface area contributed by atoms with Crippen LogP contribution in [0.15, 0.2) is 42.5 Å². The molecule has 2 rings (SSSR count). The summed E-state index contributed by atoms with van der Waals surface area (Å²) in [6, 6.07) is 13.9. The lowest BCUT2D eigenvalue weighted by Crippen LogP contribution is -1.95. The Morgan fingerprint density at radius 1 is 1.11 bits per heavy atom. The number of ether oxygens (including phenoxy) is 1. The summed E-state index contributed by atoms with van der Waals surface area (Å²) < 4.78 is 5.96. The van der Waals surface area contributed by atoms with Crippen molar-refractivity contribution in [3.05, 3.63) is 59.2 Å². The smallest absolute Gasteiger partial charge is 0.130 e.